The maximum absolute atomic E-state index is 12.1. The second-order valence-electron chi connectivity index (χ2n) is 7.25. The van der Waals surface area contributed by atoms with Crippen LogP contribution in [0.5, 0.6) is 0 Å². The predicted octanol–water partition coefficient (Wildman–Crippen LogP) is 3.83. The number of benzene rings is 1. The van der Waals surface area contributed by atoms with Crippen LogP contribution in [0.4, 0.5) is 11.5 Å². The van der Waals surface area contributed by atoms with Crippen LogP contribution in [0.1, 0.15) is 37.7 Å². The minimum absolute atomic E-state index is 0.162. The number of anilines is 2. The van der Waals surface area contributed by atoms with Crippen molar-refractivity contribution < 1.29 is 14.4 Å². The first-order valence-corrected chi connectivity index (χ1v) is 10.2. The van der Waals surface area contributed by atoms with Gasteiger partial charge < -0.3 is 15.0 Å². The van der Waals surface area contributed by atoms with Crippen molar-refractivity contribution in [3.63, 3.8) is 0 Å². The van der Waals surface area contributed by atoms with Gasteiger partial charge >= 0.3 is 0 Å². The van der Waals surface area contributed by atoms with E-state index in [9.17, 15) is 14.4 Å². The summed E-state index contributed by atoms with van der Waals surface area (Å²) in [6.07, 6.45) is 12.1. The van der Waals surface area contributed by atoms with Crippen LogP contribution in [0.25, 0.3) is 6.08 Å². The minimum Gasteiger partial charge on any atom is -0.353 e. The van der Waals surface area contributed by atoms with E-state index < -0.39 is 6.04 Å². The summed E-state index contributed by atoms with van der Waals surface area (Å²) < 4.78 is 0. The van der Waals surface area contributed by atoms with Crippen LogP contribution in [-0.4, -0.2) is 35.2 Å². The number of rotatable bonds is 8. The van der Waals surface area contributed by atoms with Crippen LogP contribution >= 0.6 is 0 Å². The Morgan fingerprint density at radius 1 is 1.13 bits per heavy atom. The second kappa shape index (κ2) is 10.9. The average Bonchev–Trinajstić information content (AvgIpc) is 2.80. The highest BCUT2D eigenvalue weighted by Gasteiger charge is 2.27. The standard InChI is InChI=1S/C24H25N3O3/c28-16-15-22(18-29)27(20-9-5-2-6-10-20)21-12-13-23(25-17-21)26-24(30)14-11-19-7-3-1-4-8-19/h1,3-4,7-8,11-15,17-18,20,22H,2,5-6,9-10H2,(H,25,26,30)/t22-/m0/s1. The number of nitrogens with zero attached hydrogens (tertiary/aromatic N) is 2. The van der Waals surface area contributed by atoms with Crippen molar-refractivity contribution in [1.29, 1.82) is 0 Å². The van der Waals surface area contributed by atoms with Crippen LogP contribution < -0.4 is 10.2 Å². The van der Waals surface area contributed by atoms with E-state index in [4.69, 9.17) is 0 Å². The van der Waals surface area contributed by atoms with Gasteiger partial charge in [-0.1, -0.05) is 49.6 Å². The lowest BCUT2D eigenvalue weighted by atomic mass is 9.93. The molecule has 1 atom stereocenters. The molecule has 2 aromatic rings. The molecule has 0 saturated heterocycles. The van der Waals surface area contributed by atoms with E-state index in [1.807, 2.05) is 41.3 Å². The van der Waals surface area contributed by atoms with Crippen LogP contribution in [0.3, 0.4) is 0 Å². The molecule has 1 aliphatic carbocycles. The molecule has 1 aliphatic rings. The molecule has 6 heteroatoms. The fraction of sp³-hybridized carbons (Fsp3) is 0.292. The molecule has 1 heterocycles. The minimum atomic E-state index is -0.679. The molecule has 1 N–H and O–H groups in total. The summed E-state index contributed by atoms with van der Waals surface area (Å²) in [4.78, 5) is 40.9. The first-order valence-electron chi connectivity index (χ1n) is 10.2. The van der Waals surface area contributed by atoms with Crippen LogP contribution in [-0.2, 0) is 14.4 Å². The number of hydrogen-bond donors (Lipinski definition) is 1. The summed E-state index contributed by atoms with van der Waals surface area (Å²) in [5.74, 6) is 1.88. The number of nitrogens with one attached hydrogen (secondary N) is 1. The maximum Gasteiger partial charge on any atom is 0.249 e. The topological polar surface area (TPSA) is 79.4 Å². The van der Waals surface area contributed by atoms with Gasteiger partial charge in [-0.05, 0) is 36.6 Å². The Bertz CT molecular complexity index is 912. The zero-order chi connectivity index (χ0) is 21.2. The monoisotopic (exact) mass is 403 g/mol. The van der Waals surface area contributed by atoms with Gasteiger partial charge in [-0.25, -0.2) is 9.78 Å². The Labute approximate surface area is 176 Å². The van der Waals surface area contributed by atoms with Crippen molar-refractivity contribution in [3.05, 3.63) is 66.4 Å². The molecule has 3 rings (SSSR count). The summed E-state index contributed by atoms with van der Waals surface area (Å²) in [7, 11) is 0. The van der Waals surface area contributed by atoms with Gasteiger partial charge in [-0.3, -0.25) is 4.79 Å². The normalized spacial score (nSPS) is 15.2. The molecule has 0 aliphatic heterocycles. The molecule has 30 heavy (non-hydrogen) atoms. The first kappa shape index (κ1) is 21.2. The van der Waals surface area contributed by atoms with Crippen molar-refractivity contribution in [1.82, 2.24) is 4.98 Å². The van der Waals surface area contributed by atoms with Crippen molar-refractivity contribution in [2.24, 2.45) is 0 Å². The molecular weight excluding hydrogens is 378 g/mol. The molecule has 6 nitrogen and oxygen atoms in total. The van der Waals surface area contributed by atoms with Gasteiger partial charge in [-0.2, -0.15) is 0 Å². The fourth-order valence-electron chi connectivity index (χ4n) is 3.76. The molecular formula is C24H25N3O3. The van der Waals surface area contributed by atoms with Gasteiger partial charge in [-0.15, -0.1) is 0 Å². The number of carbonyl (C=O) groups excluding carboxylic acids is 3. The predicted molar refractivity (Wildman–Crippen MR) is 118 cm³/mol. The van der Waals surface area contributed by atoms with Gasteiger partial charge in [0.25, 0.3) is 0 Å². The molecule has 1 amide bonds. The number of carbonyl (C=O) groups is 2. The molecule has 1 aromatic heterocycles. The number of aldehydes is 1. The Kier molecular flexibility index (Phi) is 7.70. The van der Waals surface area contributed by atoms with E-state index in [2.05, 4.69) is 10.3 Å². The van der Waals surface area contributed by atoms with E-state index in [-0.39, 0.29) is 11.9 Å². The SMILES string of the molecule is O=C=C[C@@H](C=O)N(c1ccc(NC(=O)C=Cc2ccccc2)nc1)C1CCCCC1. The van der Waals surface area contributed by atoms with Gasteiger partial charge in [0.1, 0.15) is 24.1 Å². The average molecular weight is 403 g/mol. The number of hydrogen-bond acceptors (Lipinski definition) is 5. The highest BCUT2D eigenvalue weighted by Crippen LogP contribution is 2.29. The highest BCUT2D eigenvalue weighted by atomic mass is 16.1. The van der Waals surface area contributed by atoms with Gasteiger partial charge in [0, 0.05) is 18.2 Å². The third-order valence-corrected chi connectivity index (χ3v) is 5.19. The van der Waals surface area contributed by atoms with E-state index in [1.165, 1.54) is 18.6 Å². The highest BCUT2D eigenvalue weighted by molar-refractivity contribution is 6.01. The summed E-state index contributed by atoms with van der Waals surface area (Å²) in [5.41, 5.74) is 1.67. The number of pyridine rings is 1. The van der Waals surface area contributed by atoms with Crippen molar-refractivity contribution in [3.8, 4) is 0 Å². The molecule has 154 valence electrons. The third-order valence-electron chi connectivity index (χ3n) is 5.19. The zero-order valence-electron chi connectivity index (χ0n) is 16.7. The number of amides is 1. The lowest BCUT2D eigenvalue weighted by Crippen LogP contribution is -2.44. The lowest BCUT2D eigenvalue weighted by molar-refractivity contribution is -0.112. The molecule has 0 bridgehead atoms. The zero-order valence-corrected chi connectivity index (χ0v) is 16.7. The second-order valence-corrected chi connectivity index (χ2v) is 7.25. The van der Waals surface area contributed by atoms with E-state index in [0.29, 0.717) is 5.82 Å². The Hall–Kier alpha value is -3.50. The Morgan fingerprint density at radius 2 is 1.90 bits per heavy atom. The van der Waals surface area contributed by atoms with Gasteiger partial charge in [0.2, 0.25) is 5.91 Å². The fourth-order valence-corrected chi connectivity index (χ4v) is 3.76. The maximum atomic E-state index is 12.1. The smallest absolute Gasteiger partial charge is 0.249 e. The summed E-state index contributed by atoms with van der Waals surface area (Å²) in [6.45, 7) is 0. The van der Waals surface area contributed by atoms with Crippen molar-refractivity contribution in [2.45, 2.75) is 44.2 Å². The molecule has 0 unspecified atom stereocenters. The third kappa shape index (κ3) is 5.75. The molecule has 1 saturated carbocycles. The summed E-state index contributed by atoms with van der Waals surface area (Å²) in [5, 5.41) is 2.73. The van der Waals surface area contributed by atoms with Crippen molar-refractivity contribution >= 4 is 35.7 Å². The van der Waals surface area contributed by atoms with Crippen molar-refractivity contribution in [2.75, 3.05) is 10.2 Å². The van der Waals surface area contributed by atoms with E-state index in [1.54, 1.807) is 24.3 Å². The Balaban J connectivity index is 1.72. The van der Waals surface area contributed by atoms with Crippen LogP contribution in [0, 0.1) is 0 Å². The van der Waals surface area contributed by atoms with E-state index >= 15 is 0 Å². The first-order chi connectivity index (χ1) is 14.7. The van der Waals surface area contributed by atoms with Crippen LogP contribution in [0.15, 0.2) is 60.8 Å². The number of aromatic nitrogens is 1. The Morgan fingerprint density at radius 3 is 2.53 bits per heavy atom. The summed E-state index contributed by atoms with van der Waals surface area (Å²) >= 11 is 0. The molecule has 0 radical (unpaired) electrons. The largest absolute Gasteiger partial charge is 0.353 e. The quantitative estimate of drug-likeness (QED) is 0.412. The molecule has 0 spiro atoms. The molecule has 1 aromatic carbocycles. The van der Waals surface area contributed by atoms with Crippen LogP contribution in [0.2, 0.25) is 0 Å². The van der Waals surface area contributed by atoms with Gasteiger partial charge in [0.15, 0.2) is 0 Å². The summed E-state index contributed by atoms with van der Waals surface area (Å²) in [6, 6.07) is 12.5. The molecule has 1 fully saturated rings. The van der Waals surface area contributed by atoms with E-state index in [0.717, 1.165) is 43.2 Å². The van der Waals surface area contributed by atoms with Gasteiger partial charge in [0.05, 0.1) is 11.9 Å². The lowest BCUT2D eigenvalue weighted by Gasteiger charge is -2.38.